The van der Waals surface area contributed by atoms with Crippen molar-refractivity contribution < 1.29 is 14.3 Å². The van der Waals surface area contributed by atoms with Crippen molar-refractivity contribution in [2.24, 2.45) is 0 Å². The van der Waals surface area contributed by atoms with Crippen LogP contribution in [0.5, 0.6) is 5.88 Å². The molecule has 1 saturated heterocycles. The van der Waals surface area contributed by atoms with E-state index in [1.165, 1.54) is 17.5 Å². The van der Waals surface area contributed by atoms with Gasteiger partial charge in [-0.2, -0.15) is 23.7 Å². The Hall–Kier alpha value is -2.42. The first kappa shape index (κ1) is 28.6. The number of piperidine rings is 1. The van der Waals surface area contributed by atoms with Gasteiger partial charge in [-0.25, -0.2) is 9.97 Å². The zero-order chi connectivity index (χ0) is 23.7. The monoisotopic (exact) mass is 494 g/mol. The molecule has 0 atom stereocenters. The molecule has 33 heavy (non-hydrogen) atoms. The molecule has 9 nitrogen and oxygen atoms in total. The van der Waals surface area contributed by atoms with Crippen LogP contribution in [0.3, 0.4) is 0 Å². The van der Waals surface area contributed by atoms with Crippen molar-refractivity contribution in [3.8, 4) is 11.9 Å². The minimum atomic E-state index is -0.468. The van der Waals surface area contributed by atoms with E-state index in [4.69, 9.17) is 14.7 Å². The predicted octanol–water partition coefficient (Wildman–Crippen LogP) is 4.18. The average Bonchev–Trinajstić information content (AvgIpc) is 3.16. The number of rotatable bonds is 6. The molecule has 1 N–H and O–H groups in total. The van der Waals surface area contributed by atoms with Crippen LogP contribution in [-0.2, 0) is 9.53 Å². The molecule has 0 radical (unpaired) electrons. The van der Waals surface area contributed by atoms with Gasteiger partial charge in [0.2, 0.25) is 5.88 Å². The zero-order valence-electron chi connectivity index (χ0n) is 20.1. The van der Waals surface area contributed by atoms with Gasteiger partial charge in [0.25, 0.3) is 0 Å². The highest BCUT2D eigenvalue weighted by Gasteiger charge is 2.25. The van der Waals surface area contributed by atoms with Crippen LogP contribution in [0.2, 0.25) is 0 Å². The van der Waals surface area contributed by atoms with Crippen LogP contribution in [0.1, 0.15) is 58.2 Å². The third-order valence-corrected chi connectivity index (χ3v) is 5.08. The van der Waals surface area contributed by atoms with Gasteiger partial charge in [-0.3, -0.25) is 9.69 Å². The van der Waals surface area contributed by atoms with E-state index < -0.39 is 5.60 Å². The Morgan fingerprint density at radius 2 is 1.97 bits per heavy atom. The lowest BCUT2D eigenvalue weighted by Gasteiger charge is -2.32. The predicted molar refractivity (Wildman–Crippen MR) is 135 cm³/mol. The fraction of sp³-hybridized carbons (Fsp3) is 0.591. The number of anilines is 2. The fourth-order valence-corrected chi connectivity index (χ4v) is 3.69. The molecule has 2 aromatic rings. The highest BCUT2D eigenvalue weighted by atomic mass is 32.1. The first-order valence-electron chi connectivity index (χ1n) is 10.8. The highest BCUT2D eigenvalue weighted by Crippen LogP contribution is 2.24. The number of carbonyl (C=O) groups is 1. The molecule has 0 amide bonds. The molecule has 1 aliphatic rings. The number of hydrogen-bond donors (Lipinski definition) is 1. The van der Waals surface area contributed by atoms with Crippen LogP contribution >= 0.6 is 24.8 Å². The van der Waals surface area contributed by atoms with Gasteiger partial charge in [-0.1, -0.05) is 25.2 Å². The summed E-state index contributed by atoms with van der Waals surface area (Å²) in [5.74, 6) is 1.44. The minimum Gasteiger partial charge on any atom is -0.474 e. The molecule has 0 spiro atoms. The van der Waals surface area contributed by atoms with Crippen molar-refractivity contribution in [3.05, 3.63) is 23.0 Å². The van der Waals surface area contributed by atoms with E-state index in [2.05, 4.69) is 31.2 Å². The van der Waals surface area contributed by atoms with E-state index in [-0.39, 0.29) is 25.6 Å². The Morgan fingerprint density at radius 3 is 2.55 bits per heavy atom. The number of hydrogen-bond acceptors (Lipinski definition) is 10. The Balaban J connectivity index is 0.00000177. The van der Waals surface area contributed by atoms with Crippen molar-refractivity contribution >= 4 is 41.8 Å². The highest BCUT2D eigenvalue weighted by molar-refractivity contribution is 7.59. The number of nitrogens with zero attached hydrogens (tertiary/aromatic N) is 5. The Labute approximate surface area is 207 Å². The van der Waals surface area contributed by atoms with E-state index in [0.717, 1.165) is 25.9 Å². The van der Waals surface area contributed by atoms with E-state index in [1.54, 1.807) is 13.0 Å². The van der Waals surface area contributed by atoms with Crippen molar-refractivity contribution in [1.29, 1.82) is 5.26 Å². The van der Waals surface area contributed by atoms with Crippen LogP contribution in [0.25, 0.3) is 0 Å². The second-order valence-electron chi connectivity index (χ2n) is 8.08. The van der Waals surface area contributed by atoms with Gasteiger partial charge in [0.05, 0.1) is 12.7 Å². The van der Waals surface area contributed by atoms with Crippen LogP contribution in [0.15, 0.2) is 12.3 Å². The van der Waals surface area contributed by atoms with Gasteiger partial charge < -0.3 is 14.8 Å². The third-order valence-electron chi connectivity index (χ3n) is 4.26. The molecule has 0 saturated carbocycles. The molecule has 11 heteroatoms. The Bertz CT molecular complexity index is 931. The molecule has 0 bridgehead atoms. The van der Waals surface area contributed by atoms with Gasteiger partial charge in [-0.15, -0.1) is 0 Å². The lowest BCUT2D eigenvalue weighted by molar-refractivity contribution is -0.156. The zero-order valence-corrected chi connectivity index (χ0v) is 22.0. The average molecular weight is 495 g/mol. The van der Waals surface area contributed by atoms with Crippen molar-refractivity contribution in [1.82, 2.24) is 19.9 Å². The van der Waals surface area contributed by atoms with E-state index in [9.17, 15) is 4.79 Å². The number of ether oxygens (including phenoxy) is 2. The van der Waals surface area contributed by atoms with Crippen molar-refractivity contribution in [3.63, 3.8) is 0 Å². The van der Waals surface area contributed by atoms with Crippen LogP contribution in [-0.4, -0.2) is 57.2 Å². The molecule has 2 aromatic heterocycles. The molecule has 3 rings (SSSR count). The molecule has 1 aliphatic heterocycles. The van der Waals surface area contributed by atoms with Gasteiger partial charge in [-0.05, 0) is 40.5 Å². The first-order chi connectivity index (χ1) is 15.2. The molecule has 3 heterocycles. The van der Waals surface area contributed by atoms with Crippen LogP contribution < -0.4 is 10.1 Å². The quantitative estimate of drug-likeness (QED) is 0.591. The van der Waals surface area contributed by atoms with Crippen LogP contribution in [0.4, 0.5) is 10.9 Å². The molecular formula is C22H34N6O3S2. The number of carbonyl (C=O) groups excluding carboxylic acids is 1. The summed E-state index contributed by atoms with van der Waals surface area (Å²) >= 11 is 1.26. The molecular weight excluding hydrogens is 460 g/mol. The summed E-state index contributed by atoms with van der Waals surface area (Å²) in [6, 6.07) is 3.79. The lowest BCUT2D eigenvalue weighted by atomic mass is 10.1. The third kappa shape index (κ3) is 9.94. The maximum absolute atomic E-state index is 12.0. The second-order valence-corrected chi connectivity index (χ2v) is 9.12. The number of likely N-dealkylation sites (tertiary alicyclic amines) is 1. The van der Waals surface area contributed by atoms with E-state index in [1.807, 2.05) is 34.6 Å². The largest absolute Gasteiger partial charge is 0.474 e. The number of nitrogens with one attached hydrogen (secondary N) is 1. The standard InChI is InChI=1S/C20H26N6O3S.C2H6.H2S/c1-13-23-16(25-19-22-11-15(10-21)30-19)9-17(24-13)28-14-5-7-26(8-6-14)12-18(27)29-20(2,3)4;1-2;/h9,11,14H,5-8,12H2,1-4H3,(H,22,23,24,25);1-2H3;1H2. The fourth-order valence-electron chi connectivity index (χ4n) is 3.07. The number of esters is 1. The summed E-state index contributed by atoms with van der Waals surface area (Å²) < 4.78 is 11.5. The summed E-state index contributed by atoms with van der Waals surface area (Å²) in [7, 11) is 0. The first-order valence-corrected chi connectivity index (χ1v) is 11.6. The smallest absolute Gasteiger partial charge is 0.320 e. The van der Waals surface area contributed by atoms with E-state index in [0.29, 0.717) is 34.1 Å². The maximum Gasteiger partial charge on any atom is 0.320 e. The van der Waals surface area contributed by atoms with E-state index >= 15 is 0 Å². The molecule has 0 aliphatic carbocycles. The number of aryl methyl sites for hydroxylation is 1. The summed E-state index contributed by atoms with van der Waals surface area (Å²) in [6.45, 7) is 13.2. The molecule has 1 fully saturated rings. The Kier molecular flexibility index (Phi) is 11.6. The number of nitriles is 1. The van der Waals surface area contributed by atoms with Gasteiger partial charge >= 0.3 is 5.97 Å². The number of aromatic nitrogens is 3. The van der Waals surface area contributed by atoms with Gasteiger partial charge in [0.1, 0.15) is 34.3 Å². The normalized spacial score (nSPS) is 14.2. The summed E-state index contributed by atoms with van der Waals surface area (Å²) in [5.41, 5.74) is -0.468. The molecule has 0 unspecified atom stereocenters. The summed E-state index contributed by atoms with van der Waals surface area (Å²) in [5, 5.41) is 12.6. The summed E-state index contributed by atoms with van der Waals surface area (Å²) in [4.78, 5) is 27.5. The Morgan fingerprint density at radius 1 is 1.30 bits per heavy atom. The lowest BCUT2D eigenvalue weighted by Crippen LogP contribution is -2.42. The minimum absolute atomic E-state index is 0. The maximum atomic E-state index is 12.0. The van der Waals surface area contributed by atoms with Gasteiger partial charge in [0, 0.05) is 19.2 Å². The molecule has 182 valence electrons. The van der Waals surface area contributed by atoms with Gasteiger partial charge in [0.15, 0.2) is 5.13 Å². The van der Waals surface area contributed by atoms with Crippen LogP contribution in [0, 0.1) is 18.3 Å². The second kappa shape index (κ2) is 13.3. The molecule has 0 aromatic carbocycles. The summed E-state index contributed by atoms with van der Waals surface area (Å²) in [6.07, 6.45) is 3.13. The van der Waals surface area contributed by atoms with Crippen molar-refractivity contribution in [2.45, 2.75) is 66.1 Å². The van der Waals surface area contributed by atoms with Crippen molar-refractivity contribution in [2.75, 3.05) is 25.0 Å². The number of thiazole rings is 1. The topological polar surface area (TPSA) is 113 Å². The SMILES string of the molecule is CC.Cc1nc(Nc2ncc(C#N)s2)cc(OC2CCN(CC(=O)OC(C)(C)C)CC2)n1.S.